The van der Waals surface area contributed by atoms with Crippen molar-refractivity contribution in [3.05, 3.63) is 71.8 Å². The lowest BCUT2D eigenvalue weighted by molar-refractivity contribution is -0.129. The lowest BCUT2D eigenvalue weighted by Gasteiger charge is -2.17. The molecule has 0 aliphatic carbocycles. The van der Waals surface area contributed by atoms with Crippen molar-refractivity contribution in [2.24, 2.45) is 0 Å². The molecule has 2 aromatic rings. The number of amides is 1. The van der Waals surface area contributed by atoms with Crippen molar-refractivity contribution in [1.82, 2.24) is 4.90 Å². The molecule has 1 unspecified atom stereocenters. The number of likely N-dealkylation sites (tertiary alicyclic amines) is 1. The fourth-order valence-corrected chi connectivity index (χ4v) is 2.69. The fourth-order valence-electron chi connectivity index (χ4n) is 2.69. The summed E-state index contributed by atoms with van der Waals surface area (Å²) in [7, 11) is 0. The van der Waals surface area contributed by atoms with Crippen molar-refractivity contribution < 1.29 is 4.79 Å². The van der Waals surface area contributed by atoms with Gasteiger partial charge >= 0.3 is 0 Å². The summed E-state index contributed by atoms with van der Waals surface area (Å²) in [6.07, 6.45) is 0.926. The normalized spacial score (nSPS) is 18.8. The molecule has 1 aliphatic rings. The summed E-state index contributed by atoms with van der Waals surface area (Å²) in [5.41, 5.74) is 2.34. The minimum absolute atomic E-state index is 0.0462. The van der Waals surface area contributed by atoms with Gasteiger partial charge < -0.3 is 4.90 Å². The molecule has 1 amide bonds. The van der Waals surface area contributed by atoms with Crippen LogP contribution in [0.3, 0.4) is 0 Å². The zero-order chi connectivity index (χ0) is 13.1. The minimum Gasteiger partial charge on any atom is -0.338 e. The van der Waals surface area contributed by atoms with Crippen molar-refractivity contribution >= 4 is 5.91 Å². The molecular formula is C17H17NO. The Balaban J connectivity index is 1.73. The van der Waals surface area contributed by atoms with Crippen LogP contribution in [0, 0.1) is 0 Å². The maximum Gasteiger partial charge on any atom is 0.230 e. The van der Waals surface area contributed by atoms with E-state index in [4.69, 9.17) is 0 Å². The Morgan fingerprint density at radius 2 is 1.58 bits per heavy atom. The molecule has 96 valence electrons. The van der Waals surface area contributed by atoms with Crippen LogP contribution in [0.1, 0.15) is 23.5 Å². The van der Waals surface area contributed by atoms with Crippen LogP contribution in [-0.2, 0) is 11.3 Å². The van der Waals surface area contributed by atoms with Gasteiger partial charge in [-0.2, -0.15) is 0 Å². The van der Waals surface area contributed by atoms with Crippen LogP contribution in [0.25, 0.3) is 0 Å². The van der Waals surface area contributed by atoms with Gasteiger partial charge in [0.25, 0.3) is 0 Å². The summed E-state index contributed by atoms with van der Waals surface area (Å²) in [6.45, 7) is 1.58. The molecule has 1 saturated heterocycles. The molecule has 1 aliphatic heterocycles. The van der Waals surface area contributed by atoms with Crippen LogP contribution in [0.15, 0.2) is 60.7 Å². The first-order valence-electron chi connectivity index (χ1n) is 6.72. The van der Waals surface area contributed by atoms with Crippen molar-refractivity contribution in [1.29, 1.82) is 0 Å². The number of nitrogens with zero attached hydrogens (tertiary/aromatic N) is 1. The summed E-state index contributed by atoms with van der Waals surface area (Å²) in [5, 5.41) is 0. The summed E-state index contributed by atoms with van der Waals surface area (Å²) < 4.78 is 0. The molecule has 19 heavy (non-hydrogen) atoms. The van der Waals surface area contributed by atoms with Crippen molar-refractivity contribution in [2.75, 3.05) is 6.54 Å². The fraction of sp³-hybridized carbons (Fsp3) is 0.235. The highest BCUT2D eigenvalue weighted by molar-refractivity contribution is 5.85. The Kier molecular flexibility index (Phi) is 3.32. The number of carbonyl (C=O) groups is 1. The van der Waals surface area contributed by atoms with Crippen molar-refractivity contribution in [3.8, 4) is 0 Å². The van der Waals surface area contributed by atoms with E-state index in [1.54, 1.807) is 0 Å². The van der Waals surface area contributed by atoms with E-state index in [0.29, 0.717) is 0 Å². The number of carbonyl (C=O) groups excluding carboxylic acids is 1. The third kappa shape index (κ3) is 2.53. The zero-order valence-electron chi connectivity index (χ0n) is 10.8. The maximum atomic E-state index is 12.4. The van der Waals surface area contributed by atoms with E-state index in [9.17, 15) is 4.79 Å². The van der Waals surface area contributed by atoms with E-state index in [0.717, 1.165) is 25.1 Å². The van der Waals surface area contributed by atoms with Crippen LogP contribution < -0.4 is 0 Å². The standard InChI is InChI=1S/C17H17NO/c19-17-16(15-9-5-2-6-10-15)11-12-18(17)13-14-7-3-1-4-8-14/h1-10,16H,11-13H2. The van der Waals surface area contributed by atoms with E-state index < -0.39 is 0 Å². The van der Waals surface area contributed by atoms with Gasteiger partial charge in [0.2, 0.25) is 5.91 Å². The smallest absolute Gasteiger partial charge is 0.230 e. The van der Waals surface area contributed by atoms with Gasteiger partial charge in [-0.15, -0.1) is 0 Å². The van der Waals surface area contributed by atoms with Crippen molar-refractivity contribution in [3.63, 3.8) is 0 Å². The average Bonchev–Trinajstić information content (AvgIpc) is 2.82. The first-order valence-corrected chi connectivity index (χ1v) is 6.72. The molecular weight excluding hydrogens is 234 g/mol. The van der Waals surface area contributed by atoms with Gasteiger partial charge in [0, 0.05) is 13.1 Å². The van der Waals surface area contributed by atoms with Crippen LogP contribution in [0.5, 0.6) is 0 Å². The van der Waals surface area contributed by atoms with E-state index in [1.807, 2.05) is 41.3 Å². The molecule has 0 radical (unpaired) electrons. The van der Waals surface area contributed by atoms with Gasteiger partial charge in [0.1, 0.15) is 0 Å². The Morgan fingerprint density at radius 1 is 0.947 bits per heavy atom. The number of hydrogen-bond donors (Lipinski definition) is 0. The SMILES string of the molecule is O=C1C(c2ccccc2)CCN1Cc1ccccc1. The number of rotatable bonds is 3. The van der Waals surface area contributed by atoms with Gasteiger partial charge in [-0.25, -0.2) is 0 Å². The molecule has 2 nitrogen and oxygen atoms in total. The highest BCUT2D eigenvalue weighted by Gasteiger charge is 2.32. The Bertz CT molecular complexity index is 550. The molecule has 1 fully saturated rings. The Labute approximate surface area is 113 Å². The highest BCUT2D eigenvalue weighted by atomic mass is 16.2. The molecule has 1 heterocycles. The van der Waals surface area contributed by atoms with Gasteiger partial charge in [-0.1, -0.05) is 60.7 Å². The topological polar surface area (TPSA) is 20.3 Å². The minimum atomic E-state index is 0.0462. The summed E-state index contributed by atoms with van der Waals surface area (Å²) in [5.74, 6) is 0.306. The van der Waals surface area contributed by atoms with Crippen molar-refractivity contribution in [2.45, 2.75) is 18.9 Å². The molecule has 2 heteroatoms. The van der Waals surface area contributed by atoms with Crippen LogP contribution in [0.4, 0.5) is 0 Å². The van der Waals surface area contributed by atoms with E-state index >= 15 is 0 Å². The molecule has 0 aromatic heterocycles. The van der Waals surface area contributed by atoms with Crippen LogP contribution in [-0.4, -0.2) is 17.4 Å². The number of hydrogen-bond acceptors (Lipinski definition) is 1. The summed E-state index contributed by atoms with van der Waals surface area (Å²) >= 11 is 0. The Hall–Kier alpha value is -2.09. The summed E-state index contributed by atoms with van der Waals surface area (Å²) in [4.78, 5) is 14.4. The first kappa shape index (κ1) is 12.0. The second kappa shape index (κ2) is 5.27. The predicted molar refractivity (Wildman–Crippen MR) is 75.7 cm³/mol. The number of benzene rings is 2. The predicted octanol–water partition coefficient (Wildman–Crippen LogP) is 3.20. The van der Waals surface area contributed by atoms with Gasteiger partial charge in [-0.05, 0) is 17.5 Å². The molecule has 0 N–H and O–H groups in total. The summed E-state index contributed by atoms with van der Waals surface area (Å²) in [6, 6.07) is 20.3. The average molecular weight is 251 g/mol. The van der Waals surface area contributed by atoms with Crippen LogP contribution in [0.2, 0.25) is 0 Å². The molecule has 0 bridgehead atoms. The van der Waals surface area contributed by atoms with Gasteiger partial charge in [0.15, 0.2) is 0 Å². The van der Waals surface area contributed by atoms with E-state index in [1.165, 1.54) is 5.56 Å². The molecule has 0 spiro atoms. The van der Waals surface area contributed by atoms with Gasteiger partial charge in [-0.3, -0.25) is 4.79 Å². The second-order valence-corrected chi connectivity index (χ2v) is 5.00. The van der Waals surface area contributed by atoms with Gasteiger partial charge in [0.05, 0.1) is 5.92 Å². The zero-order valence-corrected chi connectivity index (χ0v) is 10.8. The lowest BCUT2D eigenvalue weighted by atomic mass is 9.98. The Morgan fingerprint density at radius 3 is 2.26 bits per heavy atom. The monoisotopic (exact) mass is 251 g/mol. The second-order valence-electron chi connectivity index (χ2n) is 5.00. The molecule has 3 rings (SSSR count). The first-order chi connectivity index (χ1) is 9.34. The van der Waals surface area contributed by atoms with Crippen LogP contribution >= 0.6 is 0 Å². The third-order valence-corrected chi connectivity index (χ3v) is 3.72. The van der Waals surface area contributed by atoms with E-state index in [2.05, 4.69) is 24.3 Å². The molecule has 0 saturated carbocycles. The maximum absolute atomic E-state index is 12.4. The molecule has 2 aromatic carbocycles. The quantitative estimate of drug-likeness (QED) is 0.820. The lowest BCUT2D eigenvalue weighted by Crippen LogP contribution is -2.26. The largest absolute Gasteiger partial charge is 0.338 e. The highest BCUT2D eigenvalue weighted by Crippen LogP contribution is 2.29. The molecule has 1 atom stereocenters. The van der Waals surface area contributed by atoms with E-state index in [-0.39, 0.29) is 11.8 Å². The third-order valence-electron chi connectivity index (χ3n) is 3.72.